The van der Waals surface area contributed by atoms with Crippen LogP contribution in [0.2, 0.25) is 0 Å². The van der Waals surface area contributed by atoms with E-state index in [4.69, 9.17) is 0 Å². The third-order valence-electron chi connectivity index (χ3n) is 1.43. The molecule has 7 nitrogen and oxygen atoms in total. The molecule has 0 aromatic heterocycles. The highest BCUT2D eigenvalue weighted by molar-refractivity contribution is 5.86. The van der Waals surface area contributed by atoms with Gasteiger partial charge in [0.15, 0.2) is 0 Å². The Morgan fingerprint density at radius 1 is 1.06 bits per heavy atom. The quantitative estimate of drug-likeness (QED) is 0.221. The molecule has 0 N–H and O–H groups in total. The Kier molecular flexibility index (Phi) is 7.67. The summed E-state index contributed by atoms with van der Waals surface area (Å²) in [7, 11) is 0. The van der Waals surface area contributed by atoms with Crippen LogP contribution in [0.5, 0.6) is 0 Å². The molecule has 18 heavy (non-hydrogen) atoms. The minimum Gasteiger partial charge on any atom is -0.459 e. The van der Waals surface area contributed by atoms with Crippen LogP contribution in [0.1, 0.15) is 6.92 Å². The molecule has 0 unspecified atom stereocenters. The molecule has 0 saturated heterocycles. The lowest BCUT2D eigenvalue weighted by Gasteiger charge is -2.06. The number of ether oxygens (including phenoxy) is 4. The maximum atomic E-state index is 10.9. The van der Waals surface area contributed by atoms with E-state index in [1.807, 2.05) is 0 Å². The normalized spacial score (nSPS) is 8.94. The van der Waals surface area contributed by atoms with Crippen LogP contribution in [0, 0.1) is 0 Å². The van der Waals surface area contributed by atoms with Crippen molar-refractivity contribution in [3.63, 3.8) is 0 Å². The molecule has 0 aliphatic rings. The van der Waals surface area contributed by atoms with Gasteiger partial charge in [0, 0.05) is 11.6 Å². The highest BCUT2D eigenvalue weighted by Gasteiger charge is 2.07. The Bertz CT molecular complexity index is 345. The maximum Gasteiger partial charge on any atom is 0.511 e. The van der Waals surface area contributed by atoms with E-state index >= 15 is 0 Å². The Morgan fingerprint density at radius 3 is 2.22 bits per heavy atom. The molecule has 0 atom stereocenters. The minimum atomic E-state index is -1.04. The second kappa shape index (κ2) is 8.80. The fourth-order valence-electron chi connectivity index (χ4n) is 0.622. The Hall–Kier alpha value is -2.31. The van der Waals surface area contributed by atoms with Gasteiger partial charge in [0.1, 0.15) is 13.2 Å². The van der Waals surface area contributed by atoms with Crippen LogP contribution >= 0.6 is 0 Å². The molecule has 0 amide bonds. The van der Waals surface area contributed by atoms with Gasteiger partial charge in [-0.1, -0.05) is 13.2 Å². The molecule has 7 heteroatoms. The topological polar surface area (TPSA) is 88.1 Å². The van der Waals surface area contributed by atoms with Crippen molar-refractivity contribution in [2.45, 2.75) is 6.92 Å². The summed E-state index contributed by atoms with van der Waals surface area (Å²) in [5, 5.41) is 0. The zero-order valence-corrected chi connectivity index (χ0v) is 9.97. The number of rotatable bonds is 7. The molecule has 0 bridgehead atoms. The predicted molar refractivity (Wildman–Crippen MR) is 59.4 cm³/mol. The molecule has 0 saturated carbocycles. The van der Waals surface area contributed by atoms with Gasteiger partial charge in [0.2, 0.25) is 6.79 Å². The number of carbonyl (C=O) groups is 3. The molecule has 0 spiro atoms. The van der Waals surface area contributed by atoms with E-state index in [1.54, 1.807) is 0 Å². The van der Waals surface area contributed by atoms with E-state index in [0.29, 0.717) is 0 Å². The second-order valence-electron chi connectivity index (χ2n) is 2.94. The second-order valence-corrected chi connectivity index (χ2v) is 2.94. The lowest BCUT2D eigenvalue weighted by Crippen LogP contribution is -2.16. The van der Waals surface area contributed by atoms with Gasteiger partial charge >= 0.3 is 18.1 Å². The van der Waals surface area contributed by atoms with E-state index < -0.39 is 24.9 Å². The third-order valence-corrected chi connectivity index (χ3v) is 1.43. The minimum absolute atomic E-state index is 0.120. The summed E-state index contributed by atoms with van der Waals surface area (Å²) >= 11 is 0. The van der Waals surface area contributed by atoms with Crippen LogP contribution in [0.15, 0.2) is 24.8 Å². The summed E-state index contributed by atoms with van der Waals surface area (Å²) in [5.41, 5.74) is 0.184. The molecule has 0 rings (SSSR count). The molecule has 0 heterocycles. The van der Waals surface area contributed by atoms with E-state index in [-0.39, 0.29) is 18.8 Å². The highest BCUT2D eigenvalue weighted by Crippen LogP contribution is 1.93. The average Bonchev–Trinajstić information content (AvgIpc) is 2.33. The Balaban J connectivity index is 3.55. The van der Waals surface area contributed by atoms with Crippen LogP contribution in [0.25, 0.3) is 0 Å². The van der Waals surface area contributed by atoms with Crippen LogP contribution in [-0.4, -0.2) is 38.1 Å². The van der Waals surface area contributed by atoms with Crippen molar-refractivity contribution in [2.24, 2.45) is 0 Å². The van der Waals surface area contributed by atoms with Gasteiger partial charge in [-0.3, -0.25) is 0 Å². The standard InChI is InChI=1S/C11H14O7/c1-4-9(12)15-5-6-16-11(14)18-7-17-10(13)8(2)3/h4H,1-2,5-7H2,3H3. The molecule has 0 aliphatic carbocycles. The van der Waals surface area contributed by atoms with E-state index in [1.165, 1.54) is 6.92 Å². The largest absolute Gasteiger partial charge is 0.511 e. The molecule has 0 radical (unpaired) electrons. The molecular formula is C11H14O7. The number of esters is 2. The summed E-state index contributed by atoms with van der Waals surface area (Å²) < 4.78 is 17.9. The lowest BCUT2D eigenvalue weighted by molar-refractivity contribution is -0.149. The summed E-state index contributed by atoms with van der Waals surface area (Å²) in [6.45, 7) is 7.11. The van der Waals surface area contributed by atoms with Crippen molar-refractivity contribution in [1.82, 2.24) is 0 Å². The zero-order valence-electron chi connectivity index (χ0n) is 9.97. The van der Waals surface area contributed by atoms with Crippen LogP contribution in [0.4, 0.5) is 4.79 Å². The third kappa shape index (κ3) is 7.91. The fourth-order valence-corrected chi connectivity index (χ4v) is 0.622. The monoisotopic (exact) mass is 258 g/mol. The Labute approximate surface area is 104 Å². The Morgan fingerprint density at radius 2 is 1.67 bits per heavy atom. The predicted octanol–water partition coefficient (Wildman–Crippen LogP) is 0.946. The van der Waals surface area contributed by atoms with Gasteiger partial charge in [0.25, 0.3) is 0 Å². The van der Waals surface area contributed by atoms with E-state index in [2.05, 4.69) is 32.1 Å². The first kappa shape index (κ1) is 15.7. The molecule has 0 aliphatic heterocycles. The van der Waals surface area contributed by atoms with Crippen LogP contribution in [0.3, 0.4) is 0 Å². The zero-order chi connectivity index (χ0) is 14.0. The SMILES string of the molecule is C=CC(=O)OCCOC(=O)OCOC(=O)C(=C)C. The molecular weight excluding hydrogens is 244 g/mol. The molecule has 0 fully saturated rings. The highest BCUT2D eigenvalue weighted by atomic mass is 16.8. The van der Waals surface area contributed by atoms with Gasteiger partial charge in [-0.05, 0) is 6.92 Å². The first-order chi connectivity index (χ1) is 8.47. The summed E-state index contributed by atoms with van der Waals surface area (Å²) in [5.74, 6) is -1.30. The van der Waals surface area contributed by atoms with E-state index in [9.17, 15) is 14.4 Å². The van der Waals surface area contributed by atoms with Crippen molar-refractivity contribution in [2.75, 3.05) is 20.0 Å². The van der Waals surface area contributed by atoms with Gasteiger partial charge in [-0.15, -0.1) is 0 Å². The molecule has 0 aromatic carbocycles. The summed E-state index contributed by atoms with van der Waals surface area (Å²) in [6.07, 6.45) is -0.0609. The first-order valence-electron chi connectivity index (χ1n) is 4.88. The average molecular weight is 258 g/mol. The van der Waals surface area contributed by atoms with Crippen molar-refractivity contribution in [3.8, 4) is 0 Å². The maximum absolute atomic E-state index is 10.9. The van der Waals surface area contributed by atoms with Crippen molar-refractivity contribution >= 4 is 18.1 Å². The van der Waals surface area contributed by atoms with Crippen molar-refractivity contribution < 1.29 is 33.3 Å². The van der Waals surface area contributed by atoms with Gasteiger partial charge in [-0.25, -0.2) is 14.4 Å². The van der Waals surface area contributed by atoms with Crippen molar-refractivity contribution in [3.05, 3.63) is 24.8 Å². The number of hydrogen-bond acceptors (Lipinski definition) is 7. The number of hydrogen-bond donors (Lipinski definition) is 0. The summed E-state index contributed by atoms with van der Waals surface area (Å²) in [6, 6.07) is 0. The fraction of sp³-hybridized carbons (Fsp3) is 0.364. The van der Waals surface area contributed by atoms with Crippen molar-refractivity contribution in [1.29, 1.82) is 0 Å². The smallest absolute Gasteiger partial charge is 0.459 e. The summed E-state index contributed by atoms with van der Waals surface area (Å²) in [4.78, 5) is 32.4. The number of carbonyl (C=O) groups excluding carboxylic acids is 3. The first-order valence-corrected chi connectivity index (χ1v) is 4.88. The van der Waals surface area contributed by atoms with Gasteiger partial charge in [0.05, 0.1) is 0 Å². The van der Waals surface area contributed by atoms with Crippen LogP contribution in [-0.2, 0) is 28.5 Å². The van der Waals surface area contributed by atoms with Gasteiger partial charge in [-0.2, -0.15) is 0 Å². The van der Waals surface area contributed by atoms with Crippen LogP contribution < -0.4 is 0 Å². The van der Waals surface area contributed by atoms with Gasteiger partial charge < -0.3 is 18.9 Å². The molecule has 100 valence electrons. The molecule has 0 aromatic rings. The van der Waals surface area contributed by atoms with E-state index in [0.717, 1.165) is 6.08 Å². The lowest BCUT2D eigenvalue weighted by atomic mass is 10.4.